The van der Waals surface area contributed by atoms with Gasteiger partial charge in [0.25, 0.3) is 0 Å². The van der Waals surface area contributed by atoms with Gasteiger partial charge in [-0.15, -0.1) is 0 Å². The summed E-state index contributed by atoms with van der Waals surface area (Å²) in [5.74, 6) is 0.835. The van der Waals surface area contributed by atoms with E-state index in [4.69, 9.17) is 4.74 Å². The Morgan fingerprint density at radius 1 is 0.920 bits per heavy atom. The minimum absolute atomic E-state index is 0.344. The Hall–Kier alpha value is -0.900. The van der Waals surface area contributed by atoms with E-state index in [9.17, 15) is 0 Å². The van der Waals surface area contributed by atoms with Crippen LogP contribution in [-0.2, 0) is 17.9 Å². The molecular weight excluding hydrogens is 308 g/mol. The van der Waals surface area contributed by atoms with E-state index in [1.807, 2.05) is 0 Å². The molecule has 0 amide bonds. The molecule has 3 nitrogen and oxygen atoms in total. The molecule has 0 radical (unpaired) electrons. The average Bonchev–Trinajstić information content (AvgIpc) is 2.62. The lowest BCUT2D eigenvalue weighted by atomic mass is 10.1. The molecule has 1 aliphatic rings. The Kier molecular flexibility index (Phi) is 8.94. The zero-order valence-corrected chi connectivity index (χ0v) is 16.8. The first-order valence-corrected chi connectivity index (χ1v) is 10.2. The summed E-state index contributed by atoms with van der Waals surface area (Å²) in [6.45, 7) is 16.9. The van der Waals surface area contributed by atoms with Gasteiger partial charge in [0, 0.05) is 39.3 Å². The largest absolute Gasteiger partial charge is 0.374 e. The van der Waals surface area contributed by atoms with Gasteiger partial charge >= 0.3 is 0 Å². The molecule has 0 saturated carbocycles. The SMILES string of the molecule is CCCC(C)CN1CCN(Cc2ccc(COC(C)CC)cc2)CC1. The Bertz CT molecular complexity index is 465. The van der Waals surface area contributed by atoms with Crippen molar-refractivity contribution < 1.29 is 4.74 Å². The number of hydrogen-bond acceptors (Lipinski definition) is 3. The van der Waals surface area contributed by atoms with Crippen LogP contribution in [0.4, 0.5) is 0 Å². The zero-order valence-electron chi connectivity index (χ0n) is 16.8. The summed E-state index contributed by atoms with van der Waals surface area (Å²) in [5, 5.41) is 0. The van der Waals surface area contributed by atoms with Crippen LogP contribution in [0.2, 0.25) is 0 Å². The van der Waals surface area contributed by atoms with Crippen molar-refractivity contribution in [2.75, 3.05) is 32.7 Å². The Balaban J connectivity index is 1.71. The van der Waals surface area contributed by atoms with Gasteiger partial charge in [0.2, 0.25) is 0 Å². The van der Waals surface area contributed by atoms with Gasteiger partial charge in [-0.25, -0.2) is 0 Å². The third kappa shape index (κ3) is 7.47. The fourth-order valence-corrected chi connectivity index (χ4v) is 3.51. The van der Waals surface area contributed by atoms with Gasteiger partial charge in [0.05, 0.1) is 12.7 Å². The van der Waals surface area contributed by atoms with Crippen molar-refractivity contribution in [2.45, 2.75) is 66.2 Å². The van der Waals surface area contributed by atoms with Gasteiger partial charge < -0.3 is 9.64 Å². The normalized spacial score (nSPS) is 19.0. The van der Waals surface area contributed by atoms with E-state index in [2.05, 4.69) is 61.8 Å². The van der Waals surface area contributed by atoms with Crippen molar-refractivity contribution in [3.8, 4) is 0 Å². The maximum atomic E-state index is 5.81. The molecule has 0 N–H and O–H groups in total. The van der Waals surface area contributed by atoms with Crippen LogP contribution in [0.5, 0.6) is 0 Å². The summed E-state index contributed by atoms with van der Waals surface area (Å²) in [7, 11) is 0. The smallest absolute Gasteiger partial charge is 0.0720 e. The predicted octanol–water partition coefficient (Wildman–Crippen LogP) is 4.56. The molecule has 0 bridgehead atoms. The number of rotatable bonds is 10. The minimum Gasteiger partial charge on any atom is -0.374 e. The average molecular weight is 347 g/mol. The fourth-order valence-electron chi connectivity index (χ4n) is 3.51. The van der Waals surface area contributed by atoms with Gasteiger partial charge in [-0.05, 0) is 36.8 Å². The molecule has 1 aliphatic heterocycles. The lowest BCUT2D eigenvalue weighted by Gasteiger charge is -2.36. The minimum atomic E-state index is 0.344. The van der Waals surface area contributed by atoms with Crippen LogP contribution >= 0.6 is 0 Å². The predicted molar refractivity (Wildman–Crippen MR) is 107 cm³/mol. The first-order chi connectivity index (χ1) is 12.1. The molecule has 1 fully saturated rings. The van der Waals surface area contributed by atoms with Crippen molar-refractivity contribution in [3.05, 3.63) is 35.4 Å². The molecule has 0 spiro atoms. The first kappa shape index (κ1) is 20.4. The van der Waals surface area contributed by atoms with E-state index in [1.54, 1.807) is 0 Å². The number of nitrogens with zero attached hydrogens (tertiary/aromatic N) is 2. The molecule has 25 heavy (non-hydrogen) atoms. The third-order valence-electron chi connectivity index (χ3n) is 5.35. The van der Waals surface area contributed by atoms with Gasteiger partial charge in [0.1, 0.15) is 0 Å². The summed E-state index contributed by atoms with van der Waals surface area (Å²) in [4.78, 5) is 5.23. The van der Waals surface area contributed by atoms with Crippen molar-refractivity contribution >= 4 is 0 Å². The van der Waals surface area contributed by atoms with Gasteiger partial charge in [-0.2, -0.15) is 0 Å². The maximum absolute atomic E-state index is 5.81. The summed E-state index contributed by atoms with van der Waals surface area (Å²) in [6, 6.07) is 8.98. The van der Waals surface area contributed by atoms with Crippen LogP contribution in [0, 0.1) is 5.92 Å². The quantitative estimate of drug-likeness (QED) is 0.618. The standard InChI is InChI=1S/C22H38N2O/c1-5-7-19(3)16-23-12-14-24(15-13-23)17-21-8-10-22(11-9-21)18-25-20(4)6-2/h8-11,19-20H,5-7,12-18H2,1-4H3. The van der Waals surface area contributed by atoms with Crippen molar-refractivity contribution in [1.29, 1.82) is 0 Å². The van der Waals surface area contributed by atoms with Crippen LogP contribution < -0.4 is 0 Å². The number of benzene rings is 1. The van der Waals surface area contributed by atoms with Gasteiger partial charge in [-0.1, -0.05) is 51.5 Å². The molecule has 2 atom stereocenters. The lowest BCUT2D eigenvalue weighted by Crippen LogP contribution is -2.47. The molecule has 1 heterocycles. The molecule has 1 aromatic rings. The highest BCUT2D eigenvalue weighted by Gasteiger charge is 2.18. The summed E-state index contributed by atoms with van der Waals surface area (Å²) < 4.78 is 5.81. The van der Waals surface area contributed by atoms with Crippen LogP contribution in [0.15, 0.2) is 24.3 Å². The Labute approximate surface area is 155 Å². The second-order valence-electron chi connectivity index (χ2n) is 7.82. The van der Waals surface area contributed by atoms with E-state index in [1.165, 1.54) is 56.7 Å². The molecular formula is C22H38N2O. The summed E-state index contributed by atoms with van der Waals surface area (Å²) in [6.07, 6.45) is 4.07. The van der Waals surface area contributed by atoms with Crippen LogP contribution in [0.1, 0.15) is 58.1 Å². The molecule has 0 aliphatic carbocycles. The van der Waals surface area contributed by atoms with Gasteiger partial charge in [0.15, 0.2) is 0 Å². The topological polar surface area (TPSA) is 15.7 Å². The number of hydrogen-bond donors (Lipinski definition) is 0. The van der Waals surface area contributed by atoms with Crippen molar-refractivity contribution in [1.82, 2.24) is 9.80 Å². The highest BCUT2D eigenvalue weighted by molar-refractivity contribution is 5.22. The highest BCUT2D eigenvalue weighted by Crippen LogP contribution is 2.14. The third-order valence-corrected chi connectivity index (χ3v) is 5.35. The van der Waals surface area contributed by atoms with Gasteiger partial charge in [-0.3, -0.25) is 4.90 Å². The first-order valence-electron chi connectivity index (χ1n) is 10.2. The summed E-state index contributed by atoms with van der Waals surface area (Å²) in [5.41, 5.74) is 2.69. The van der Waals surface area contributed by atoms with Crippen LogP contribution in [-0.4, -0.2) is 48.6 Å². The summed E-state index contributed by atoms with van der Waals surface area (Å²) >= 11 is 0. The fraction of sp³-hybridized carbons (Fsp3) is 0.727. The van der Waals surface area contributed by atoms with Crippen LogP contribution in [0.25, 0.3) is 0 Å². The molecule has 142 valence electrons. The molecule has 1 aromatic carbocycles. The Morgan fingerprint density at radius 2 is 1.52 bits per heavy atom. The maximum Gasteiger partial charge on any atom is 0.0720 e. The molecule has 0 aromatic heterocycles. The second kappa shape index (κ2) is 10.9. The van der Waals surface area contributed by atoms with E-state index in [0.29, 0.717) is 6.10 Å². The van der Waals surface area contributed by atoms with E-state index >= 15 is 0 Å². The molecule has 3 heteroatoms. The highest BCUT2D eigenvalue weighted by atomic mass is 16.5. The zero-order chi connectivity index (χ0) is 18.1. The van der Waals surface area contributed by atoms with Crippen molar-refractivity contribution in [3.63, 3.8) is 0 Å². The molecule has 2 unspecified atom stereocenters. The Morgan fingerprint density at radius 3 is 2.12 bits per heavy atom. The lowest BCUT2D eigenvalue weighted by molar-refractivity contribution is 0.0508. The number of piperazine rings is 1. The van der Waals surface area contributed by atoms with Crippen LogP contribution in [0.3, 0.4) is 0 Å². The number of ether oxygens (including phenoxy) is 1. The molecule has 2 rings (SSSR count). The monoisotopic (exact) mass is 346 g/mol. The van der Waals surface area contributed by atoms with E-state index in [-0.39, 0.29) is 0 Å². The van der Waals surface area contributed by atoms with E-state index < -0.39 is 0 Å². The van der Waals surface area contributed by atoms with E-state index in [0.717, 1.165) is 25.5 Å². The second-order valence-corrected chi connectivity index (χ2v) is 7.82. The van der Waals surface area contributed by atoms with Crippen molar-refractivity contribution in [2.24, 2.45) is 5.92 Å². The molecule has 1 saturated heterocycles.